The van der Waals surface area contributed by atoms with Gasteiger partial charge in [0.2, 0.25) is 0 Å². The number of H-pyrrole nitrogens is 1. The summed E-state index contributed by atoms with van der Waals surface area (Å²) in [6, 6.07) is 20.7. The van der Waals surface area contributed by atoms with Crippen molar-refractivity contribution in [3.63, 3.8) is 0 Å². The summed E-state index contributed by atoms with van der Waals surface area (Å²) in [7, 11) is 0. The first-order chi connectivity index (χ1) is 9.40. The van der Waals surface area contributed by atoms with Gasteiger partial charge in [-0.2, -0.15) is 5.10 Å². The van der Waals surface area contributed by atoms with Crippen LogP contribution >= 0.6 is 11.8 Å². The maximum atomic E-state index is 4.49. The van der Waals surface area contributed by atoms with Crippen LogP contribution in [-0.2, 0) is 0 Å². The van der Waals surface area contributed by atoms with Crippen LogP contribution in [0, 0.1) is 0 Å². The molecule has 0 fully saturated rings. The Hall–Kier alpha value is -2.00. The molecule has 3 heteroatoms. The number of benzene rings is 2. The molecule has 0 aliphatic heterocycles. The van der Waals surface area contributed by atoms with E-state index in [2.05, 4.69) is 52.9 Å². The van der Waals surface area contributed by atoms with E-state index >= 15 is 0 Å². The summed E-state index contributed by atoms with van der Waals surface area (Å²) in [5.74, 6) is 0. The van der Waals surface area contributed by atoms with Crippen LogP contribution in [0.2, 0.25) is 0 Å². The van der Waals surface area contributed by atoms with Crippen molar-refractivity contribution in [2.75, 3.05) is 6.26 Å². The number of hydrogen-bond donors (Lipinski definition) is 1. The summed E-state index contributed by atoms with van der Waals surface area (Å²) in [5.41, 5.74) is 4.52. The highest BCUT2D eigenvalue weighted by Crippen LogP contribution is 2.36. The van der Waals surface area contributed by atoms with Crippen molar-refractivity contribution in [3.8, 4) is 22.4 Å². The van der Waals surface area contributed by atoms with Crippen molar-refractivity contribution in [1.82, 2.24) is 10.2 Å². The van der Waals surface area contributed by atoms with E-state index in [0.29, 0.717) is 0 Å². The van der Waals surface area contributed by atoms with Crippen LogP contribution < -0.4 is 0 Å². The molecule has 3 aromatic rings. The van der Waals surface area contributed by atoms with Crippen LogP contribution in [0.3, 0.4) is 0 Å². The molecule has 1 N–H and O–H groups in total. The van der Waals surface area contributed by atoms with Gasteiger partial charge in [-0.1, -0.05) is 60.7 Å². The van der Waals surface area contributed by atoms with Gasteiger partial charge in [0.15, 0.2) is 0 Å². The van der Waals surface area contributed by atoms with Crippen molar-refractivity contribution >= 4 is 11.8 Å². The molecule has 0 spiro atoms. The maximum Gasteiger partial charge on any atom is 0.101 e. The van der Waals surface area contributed by atoms with Crippen molar-refractivity contribution < 1.29 is 0 Å². The molecule has 0 amide bonds. The van der Waals surface area contributed by atoms with Gasteiger partial charge in [-0.3, -0.25) is 5.10 Å². The second-order valence-electron chi connectivity index (χ2n) is 4.21. The summed E-state index contributed by atoms with van der Waals surface area (Å²) in [6.45, 7) is 0. The van der Waals surface area contributed by atoms with Crippen LogP contribution in [0.15, 0.2) is 65.7 Å². The molecule has 0 saturated carbocycles. The Morgan fingerprint density at radius 2 is 1.42 bits per heavy atom. The van der Waals surface area contributed by atoms with Crippen molar-refractivity contribution in [2.24, 2.45) is 0 Å². The van der Waals surface area contributed by atoms with E-state index in [-0.39, 0.29) is 0 Å². The van der Waals surface area contributed by atoms with Gasteiger partial charge in [0, 0.05) is 11.1 Å². The van der Waals surface area contributed by atoms with Gasteiger partial charge in [0.25, 0.3) is 0 Å². The topological polar surface area (TPSA) is 28.7 Å². The second-order valence-corrected chi connectivity index (χ2v) is 5.03. The zero-order chi connectivity index (χ0) is 13.1. The van der Waals surface area contributed by atoms with E-state index in [0.717, 1.165) is 16.3 Å². The molecule has 1 heterocycles. The molecule has 94 valence electrons. The fourth-order valence-electron chi connectivity index (χ4n) is 2.15. The summed E-state index contributed by atoms with van der Waals surface area (Å²) in [4.78, 5) is 0. The normalized spacial score (nSPS) is 10.6. The summed E-state index contributed by atoms with van der Waals surface area (Å²) >= 11 is 1.69. The van der Waals surface area contributed by atoms with E-state index in [1.165, 1.54) is 11.1 Å². The molecule has 0 atom stereocenters. The highest BCUT2D eigenvalue weighted by molar-refractivity contribution is 7.98. The minimum atomic E-state index is 1.01. The first-order valence-corrected chi connectivity index (χ1v) is 7.36. The molecule has 0 aliphatic carbocycles. The van der Waals surface area contributed by atoms with E-state index in [9.17, 15) is 0 Å². The maximum absolute atomic E-state index is 4.49. The minimum Gasteiger partial charge on any atom is -0.271 e. The van der Waals surface area contributed by atoms with Gasteiger partial charge in [-0.05, 0) is 11.8 Å². The predicted octanol–water partition coefficient (Wildman–Crippen LogP) is 4.47. The lowest BCUT2D eigenvalue weighted by molar-refractivity contribution is 1.01. The number of rotatable bonds is 3. The third kappa shape index (κ3) is 2.29. The largest absolute Gasteiger partial charge is 0.271 e. The van der Waals surface area contributed by atoms with Crippen molar-refractivity contribution in [1.29, 1.82) is 0 Å². The molecule has 0 unspecified atom stereocenters. The molecule has 19 heavy (non-hydrogen) atoms. The first kappa shape index (κ1) is 12.1. The molecule has 2 aromatic carbocycles. The monoisotopic (exact) mass is 266 g/mol. The van der Waals surface area contributed by atoms with Crippen molar-refractivity contribution in [3.05, 3.63) is 60.7 Å². The highest BCUT2D eigenvalue weighted by atomic mass is 32.2. The lowest BCUT2D eigenvalue weighted by Gasteiger charge is -2.04. The SMILES string of the molecule is CSc1[nH]nc(-c2ccccc2)c1-c1ccccc1. The lowest BCUT2D eigenvalue weighted by Crippen LogP contribution is -1.83. The molecule has 0 aliphatic rings. The third-order valence-corrected chi connectivity index (χ3v) is 3.75. The minimum absolute atomic E-state index is 1.01. The lowest BCUT2D eigenvalue weighted by atomic mass is 10.0. The van der Waals surface area contributed by atoms with E-state index in [1.807, 2.05) is 24.3 Å². The average molecular weight is 266 g/mol. The number of aromatic amines is 1. The molecular formula is C16H14N2S. The van der Waals surface area contributed by atoms with Gasteiger partial charge in [-0.25, -0.2) is 0 Å². The van der Waals surface area contributed by atoms with Gasteiger partial charge < -0.3 is 0 Å². The number of aromatic nitrogens is 2. The van der Waals surface area contributed by atoms with Crippen LogP contribution in [0.5, 0.6) is 0 Å². The van der Waals surface area contributed by atoms with Crippen LogP contribution in [0.1, 0.15) is 0 Å². The Bertz CT molecular complexity index is 660. The fraction of sp³-hybridized carbons (Fsp3) is 0.0625. The van der Waals surface area contributed by atoms with Crippen LogP contribution in [0.4, 0.5) is 0 Å². The van der Waals surface area contributed by atoms with Gasteiger partial charge in [0.05, 0.1) is 5.03 Å². The Morgan fingerprint density at radius 1 is 0.842 bits per heavy atom. The average Bonchev–Trinajstić information content (AvgIpc) is 2.93. The van der Waals surface area contributed by atoms with Crippen molar-refractivity contribution in [2.45, 2.75) is 5.03 Å². The number of nitrogens with zero attached hydrogens (tertiary/aromatic N) is 1. The number of nitrogens with one attached hydrogen (secondary N) is 1. The fourth-order valence-corrected chi connectivity index (χ4v) is 2.71. The molecular weight excluding hydrogens is 252 g/mol. The molecule has 0 saturated heterocycles. The molecule has 3 rings (SSSR count). The zero-order valence-electron chi connectivity index (χ0n) is 10.6. The van der Waals surface area contributed by atoms with Crippen LogP contribution in [-0.4, -0.2) is 16.5 Å². The van der Waals surface area contributed by atoms with E-state index in [4.69, 9.17) is 0 Å². The molecule has 0 radical (unpaired) electrons. The Balaban J connectivity index is 2.20. The van der Waals surface area contributed by atoms with Gasteiger partial charge >= 0.3 is 0 Å². The van der Waals surface area contributed by atoms with Crippen LogP contribution in [0.25, 0.3) is 22.4 Å². The van der Waals surface area contributed by atoms with Gasteiger partial charge in [0.1, 0.15) is 5.69 Å². The Kier molecular flexibility index (Phi) is 3.38. The molecule has 2 nitrogen and oxygen atoms in total. The van der Waals surface area contributed by atoms with E-state index < -0.39 is 0 Å². The highest BCUT2D eigenvalue weighted by Gasteiger charge is 2.15. The second kappa shape index (κ2) is 5.33. The van der Waals surface area contributed by atoms with E-state index in [1.54, 1.807) is 11.8 Å². The predicted molar refractivity (Wildman–Crippen MR) is 81.2 cm³/mol. The summed E-state index contributed by atoms with van der Waals surface area (Å²) in [5, 5.41) is 8.72. The zero-order valence-corrected chi connectivity index (χ0v) is 11.4. The summed E-state index contributed by atoms with van der Waals surface area (Å²) < 4.78 is 0. The first-order valence-electron chi connectivity index (χ1n) is 6.13. The quantitative estimate of drug-likeness (QED) is 0.709. The number of thioether (sulfide) groups is 1. The number of hydrogen-bond acceptors (Lipinski definition) is 2. The van der Waals surface area contributed by atoms with Gasteiger partial charge in [-0.15, -0.1) is 11.8 Å². The Morgan fingerprint density at radius 3 is 2.00 bits per heavy atom. The molecule has 0 bridgehead atoms. The summed E-state index contributed by atoms with van der Waals surface area (Å²) in [6.07, 6.45) is 2.06. The smallest absolute Gasteiger partial charge is 0.101 e. The standard InChI is InChI=1S/C16H14N2S/c1-19-16-14(12-8-4-2-5-9-12)15(17-18-16)13-10-6-3-7-11-13/h2-11H,1H3,(H,17,18). The Labute approximate surface area is 116 Å². The molecule has 1 aromatic heterocycles. The third-order valence-electron chi connectivity index (χ3n) is 3.05.